The highest BCUT2D eigenvalue weighted by Crippen LogP contribution is 2.23. The minimum atomic E-state index is -0.0431. The Morgan fingerprint density at radius 3 is 2.60 bits per heavy atom. The first kappa shape index (κ1) is 15.0. The summed E-state index contributed by atoms with van der Waals surface area (Å²) in [5, 5.41) is 3.06. The van der Waals surface area contributed by atoms with Gasteiger partial charge in [0.25, 0.3) is 5.91 Å². The second-order valence-corrected chi connectivity index (χ2v) is 6.06. The number of hydrogen-bond acceptors (Lipinski definition) is 1. The van der Waals surface area contributed by atoms with Crippen molar-refractivity contribution in [2.75, 3.05) is 5.32 Å². The van der Waals surface area contributed by atoms with Gasteiger partial charge >= 0.3 is 0 Å². The summed E-state index contributed by atoms with van der Waals surface area (Å²) in [4.78, 5) is 12.5. The molecule has 0 aliphatic rings. The number of anilines is 1. The smallest absolute Gasteiger partial charge is 0.256 e. The molecular formula is C17H18INO. The maximum absolute atomic E-state index is 12.5. The number of benzene rings is 2. The predicted molar refractivity (Wildman–Crippen MR) is 92.4 cm³/mol. The van der Waals surface area contributed by atoms with Gasteiger partial charge < -0.3 is 5.32 Å². The summed E-state index contributed by atoms with van der Waals surface area (Å²) in [5.74, 6) is -0.0431. The lowest BCUT2D eigenvalue weighted by molar-refractivity contribution is 0.102. The molecule has 0 radical (unpaired) electrons. The summed E-state index contributed by atoms with van der Waals surface area (Å²) < 4.78 is 0.978. The Hall–Kier alpha value is -1.36. The van der Waals surface area contributed by atoms with Crippen molar-refractivity contribution < 1.29 is 4.79 Å². The van der Waals surface area contributed by atoms with E-state index in [1.807, 2.05) is 44.2 Å². The van der Waals surface area contributed by atoms with Crippen LogP contribution >= 0.6 is 22.6 Å². The molecule has 2 rings (SSSR count). The lowest BCUT2D eigenvalue weighted by Crippen LogP contribution is -2.15. The van der Waals surface area contributed by atoms with Gasteiger partial charge in [-0.3, -0.25) is 4.79 Å². The lowest BCUT2D eigenvalue weighted by Gasteiger charge is -2.13. The zero-order valence-corrected chi connectivity index (χ0v) is 14.1. The van der Waals surface area contributed by atoms with Crippen molar-refractivity contribution in [3.63, 3.8) is 0 Å². The minimum absolute atomic E-state index is 0.0431. The first-order valence-corrected chi connectivity index (χ1v) is 7.76. The molecule has 0 aromatic heterocycles. The van der Waals surface area contributed by atoms with Crippen LogP contribution in [0.3, 0.4) is 0 Å². The molecular weight excluding hydrogens is 361 g/mol. The highest BCUT2D eigenvalue weighted by atomic mass is 127. The molecule has 1 amide bonds. The minimum Gasteiger partial charge on any atom is -0.321 e. The molecule has 0 aliphatic heterocycles. The molecule has 0 bridgehead atoms. The molecule has 2 nitrogen and oxygen atoms in total. The molecule has 20 heavy (non-hydrogen) atoms. The standard InChI is InChI=1S/C17H18INO/c1-4-13-7-5-6-12(3)16(13)19-17(20)14-9-8-11(2)10-15(14)18/h5-10H,4H2,1-3H3,(H,19,20). The molecule has 0 heterocycles. The first-order chi connectivity index (χ1) is 9.52. The Morgan fingerprint density at radius 2 is 1.95 bits per heavy atom. The topological polar surface area (TPSA) is 29.1 Å². The lowest BCUT2D eigenvalue weighted by atomic mass is 10.1. The van der Waals surface area contributed by atoms with Gasteiger partial charge in [-0.2, -0.15) is 0 Å². The van der Waals surface area contributed by atoms with Crippen molar-refractivity contribution in [1.29, 1.82) is 0 Å². The van der Waals surface area contributed by atoms with Crippen molar-refractivity contribution in [3.05, 3.63) is 62.2 Å². The normalized spacial score (nSPS) is 10.4. The fourth-order valence-electron chi connectivity index (χ4n) is 2.19. The van der Waals surface area contributed by atoms with Crippen molar-refractivity contribution in [1.82, 2.24) is 0 Å². The average Bonchev–Trinajstić information content (AvgIpc) is 2.40. The summed E-state index contributed by atoms with van der Waals surface area (Å²) in [6.07, 6.45) is 0.905. The molecule has 2 aromatic carbocycles. The van der Waals surface area contributed by atoms with Crippen molar-refractivity contribution >= 4 is 34.2 Å². The number of nitrogens with one attached hydrogen (secondary N) is 1. The van der Waals surface area contributed by atoms with Gasteiger partial charge in [-0.05, 0) is 66.1 Å². The van der Waals surface area contributed by atoms with Gasteiger partial charge in [0.1, 0.15) is 0 Å². The van der Waals surface area contributed by atoms with Crippen LogP contribution in [0.2, 0.25) is 0 Å². The molecule has 2 aromatic rings. The first-order valence-electron chi connectivity index (χ1n) is 6.69. The van der Waals surface area contributed by atoms with E-state index in [-0.39, 0.29) is 5.91 Å². The maximum atomic E-state index is 12.5. The second-order valence-electron chi connectivity index (χ2n) is 4.90. The summed E-state index contributed by atoms with van der Waals surface area (Å²) in [5.41, 5.74) is 5.09. The van der Waals surface area contributed by atoms with E-state index in [4.69, 9.17) is 0 Å². The molecule has 0 fully saturated rings. The number of aryl methyl sites for hydroxylation is 3. The quantitative estimate of drug-likeness (QED) is 0.769. The number of amides is 1. The summed E-state index contributed by atoms with van der Waals surface area (Å²) in [6, 6.07) is 12.0. The monoisotopic (exact) mass is 379 g/mol. The van der Waals surface area contributed by atoms with Gasteiger partial charge in [-0.25, -0.2) is 0 Å². The van der Waals surface area contributed by atoms with Gasteiger partial charge in [-0.1, -0.05) is 36.8 Å². The summed E-state index contributed by atoms with van der Waals surface area (Å²) in [7, 11) is 0. The van der Waals surface area contributed by atoms with Crippen LogP contribution in [0, 0.1) is 17.4 Å². The van der Waals surface area contributed by atoms with Crippen LogP contribution in [0.4, 0.5) is 5.69 Å². The number of halogens is 1. The fraction of sp³-hybridized carbons (Fsp3) is 0.235. The zero-order valence-electron chi connectivity index (χ0n) is 12.0. The highest BCUT2D eigenvalue weighted by molar-refractivity contribution is 14.1. The SMILES string of the molecule is CCc1cccc(C)c1NC(=O)c1ccc(C)cc1I. The third-order valence-corrected chi connectivity index (χ3v) is 4.24. The molecule has 0 spiro atoms. The zero-order chi connectivity index (χ0) is 14.7. The van der Waals surface area contributed by atoms with Crippen LogP contribution in [-0.2, 0) is 6.42 Å². The van der Waals surface area contributed by atoms with E-state index in [0.717, 1.165) is 32.4 Å². The van der Waals surface area contributed by atoms with E-state index >= 15 is 0 Å². The van der Waals surface area contributed by atoms with Gasteiger partial charge in [0.2, 0.25) is 0 Å². The number of carbonyl (C=O) groups is 1. The third kappa shape index (κ3) is 3.20. The highest BCUT2D eigenvalue weighted by Gasteiger charge is 2.13. The van der Waals surface area contributed by atoms with E-state index in [9.17, 15) is 4.79 Å². The van der Waals surface area contributed by atoms with E-state index in [1.54, 1.807) is 0 Å². The molecule has 0 saturated carbocycles. The Bertz CT molecular complexity index is 649. The Balaban J connectivity index is 2.33. The van der Waals surface area contributed by atoms with Crippen LogP contribution < -0.4 is 5.32 Å². The fourth-order valence-corrected chi connectivity index (χ4v) is 3.10. The van der Waals surface area contributed by atoms with Crippen molar-refractivity contribution in [2.24, 2.45) is 0 Å². The van der Waals surface area contributed by atoms with E-state index in [2.05, 4.69) is 40.9 Å². The van der Waals surface area contributed by atoms with E-state index < -0.39 is 0 Å². The third-order valence-electron chi connectivity index (χ3n) is 3.35. The largest absolute Gasteiger partial charge is 0.321 e. The van der Waals surface area contributed by atoms with Crippen LogP contribution in [0.25, 0.3) is 0 Å². The van der Waals surface area contributed by atoms with Crippen molar-refractivity contribution in [3.8, 4) is 0 Å². The maximum Gasteiger partial charge on any atom is 0.256 e. The van der Waals surface area contributed by atoms with Crippen LogP contribution in [0.5, 0.6) is 0 Å². The Labute approximate surface area is 133 Å². The molecule has 0 aliphatic carbocycles. The van der Waals surface area contributed by atoms with Gasteiger partial charge in [0.15, 0.2) is 0 Å². The van der Waals surface area contributed by atoms with Gasteiger partial charge in [0, 0.05) is 9.26 Å². The number of carbonyl (C=O) groups excluding carboxylic acids is 1. The second kappa shape index (κ2) is 6.39. The molecule has 0 atom stereocenters. The van der Waals surface area contributed by atoms with E-state index in [0.29, 0.717) is 0 Å². The Morgan fingerprint density at radius 1 is 1.20 bits per heavy atom. The molecule has 3 heteroatoms. The summed E-state index contributed by atoms with van der Waals surface area (Å²) in [6.45, 7) is 6.15. The van der Waals surface area contributed by atoms with Crippen LogP contribution in [-0.4, -0.2) is 5.91 Å². The van der Waals surface area contributed by atoms with Gasteiger partial charge in [-0.15, -0.1) is 0 Å². The predicted octanol–water partition coefficient (Wildman–Crippen LogP) is 4.72. The summed E-state index contributed by atoms with van der Waals surface area (Å²) >= 11 is 2.21. The molecule has 104 valence electrons. The van der Waals surface area contributed by atoms with Crippen LogP contribution in [0.1, 0.15) is 34.0 Å². The molecule has 0 saturated heterocycles. The molecule has 0 unspecified atom stereocenters. The average molecular weight is 379 g/mol. The number of para-hydroxylation sites is 1. The van der Waals surface area contributed by atoms with E-state index in [1.165, 1.54) is 5.56 Å². The van der Waals surface area contributed by atoms with Crippen molar-refractivity contribution in [2.45, 2.75) is 27.2 Å². The number of rotatable bonds is 3. The Kier molecular flexibility index (Phi) is 4.81. The molecule has 1 N–H and O–H groups in total. The van der Waals surface area contributed by atoms with Gasteiger partial charge in [0.05, 0.1) is 5.56 Å². The van der Waals surface area contributed by atoms with Crippen LogP contribution in [0.15, 0.2) is 36.4 Å². The number of hydrogen-bond donors (Lipinski definition) is 1.